The van der Waals surface area contributed by atoms with Crippen molar-refractivity contribution >= 4 is 27.4 Å². The Balaban J connectivity index is 1.49. The number of allylic oxidation sites excluding steroid dienone is 3. The maximum atomic E-state index is 4.61. The molecule has 0 spiro atoms. The number of piperidine rings is 1. The summed E-state index contributed by atoms with van der Waals surface area (Å²) in [4.78, 5) is 10.2. The molecule has 1 aliphatic rings. The van der Waals surface area contributed by atoms with Gasteiger partial charge in [0.2, 0.25) is 0 Å². The Labute approximate surface area is 188 Å². The van der Waals surface area contributed by atoms with Crippen LogP contribution in [0.2, 0.25) is 0 Å². The maximum Gasteiger partial charge on any atom is 0.116 e. The molecule has 5 nitrogen and oxygen atoms in total. The van der Waals surface area contributed by atoms with Gasteiger partial charge in [-0.15, -0.1) is 0 Å². The van der Waals surface area contributed by atoms with Gasteiger partial charge in [-0.3, -0.25) is 15.0 Å². The van der Waals surface area contributed by atoms with Crippen molar-refractivity contribution in [1.29, 1.82) is 0 Å². The summed E-state index contributed by atoms with van der Waals surface area (Å²) in [6.07, 6.45) is 14.1. The number of likely N-dealkylation sites (tertiary alicyclic amines) is 1. The summed E-state index contributed by atoms with van der Waals surface area (Å²) >= 11 is 0. The highest BCUT2D eigenvalue weighted by Gasteiger charge is 2.14. The lowest BCUT2D eigenvalue weighted by Gasteiger charge is -2.26. The molecule has 32 heavy (non-hydrogen) atoms. The standard InChI is InChI=1S/C27H29N5/c1-3-19(18-32-12-6-5-7-13-32)14-20(4-2)21-8-9-24-23(15-21)27(31-30-24)25-16-22-10-11-28-17-26(22)29-25/h3-4,8-11,14-17,29H,1,5-7,12-13,18H2,2H3,(H,30,31)/b19-14+,20-4+. The van der Waals surface area contributed by atoms with Crippen molar-refractivity contribution < 1.29 is 0 Å². The molecule has 1 aliphatic heterocycles. The summed E-state index contributed by atoms with van der Waals surface area (Å²) in [5.41, 5.74) is 7.60. The largest absolute Gasteiger partial charge is 0.352 e. The van der Waals surface area contributed by atoms with E-state index in [1.165, 1.54) is 49.1 Å². The van der Waals surface area contributed by atoms with E-state index in [0.29, 0.717) is 0 Å². The summed E-state index contributed by atoms with van der Waals surface area (Å²) in [6, 6.07) is 10.6. The van der Waals surface area contributed by atoms with Crippen LogP contribution in [-0.4, -0.2) is 44.7 Å². The Kier molecular flexibility index (Phi) is 5.73. The van der Waals surface area contributed by atoms with Crippen LogP contribution in [0.3, 0.4) is 0 Å². The molecule has 4 aromatic rings. The van der Waals surface area contributed by atoms with Crippen LogP contribution in [0.1, 0.15) is 31.7 Å². The van der Waals surface area contributed by atoms with Crippen LogP contribution < -0.4 is 0 Å². The van der Waals surface area contributed by atoms with Gasteiger partial charge >= 0.3 is 0 Å². The molecule has 1 saturated heterocycles. The molecule has 0 radical (unpaired) electrons. The van der Waals surface area contributed by atoms with Crippen molar-refractivity contribution in [3.8, 4) is 11.4 Å². The van der Waals surface area contributed by atoms with Gasteiger partial charge in [0.05, 0.1) is 22.9 Å². The fourth-order valence-corrected chi connectivity index (χ4v) is 4.58. The number of rotatable bonds is 6. The Morgan fingerprint density at radius 3 is 2.78 bits per heavy atom. The highest BCUT2D eigenvalue weighted by atomic mass is 15.1. The third kappa shape index (κ3) is 4.04. The molecule has 0 saturated carbocycles. The Hall–Kier alpha value is -3.44. The van der Waals surface area contributed by atoms with Crippen LogP contribution >= 0.6 is 0 Å². The van der Waals surface area contributed by atoms with Gasteiger partial charge in [-0.2, -0.15) is 5.10 Å². The summed E-state index contributed by atoms with van der Waals surface area (Å²) < 4.78 is 0. The predicted octanol–water partition coefficient (Wildman–Crippen LogP) is 6.11. The van der Waals surface area contributed by atoms with Crippen LogP contribution in [0.4, 0.5) is 0 Å². The van der Waals surface area contributed by atoms with Gasteiger partial charge < -0.3 is 4.98 Å². The van der Waals surface area contributed by atoms with Gasteiger partial charge in [0.15, 0.2) is 0 Å². The maximum absolute atomic E-state index is 4.61. The van der Waals surface area contributed by atoms with Crippen LogP contribution in [0.25, 0.3) is 38.8 Å². The molecule has 1 fully saturated rings. The van der Waals surface area contributed by atoms with E-state index >= 15 is 0 Å². The number of hydrogen-bond acceptors (Lipinski definition) is 3. The smallest absolute Gasteiger partial charge is 0.116 e. The molecule has 3 aromatic heterocycles. The van der Waals surface area contributed by atoms with E-state index in [1.54, 1.807) is 0 Å². The van der Waals surface area contributed by atoms with Crippen LogP contribution in [0, 0.1) is 0 Å². The number of aromatic nitrogens is 4. The van der Waals surface area contributed by atoms with Crippen molar-refractivity contribution in [3.05, 3.63) is 78.7 Å². The Morgan fingerprint density at radius 1 is 1.12 bits per heavy atom. The van der Waals surface area contributed by atoms with Crippen molar-refractivity contribution in [2.75, 3.05) is 19.6 Å². The number of nitrogens with zero attached hydrogens (tertiary/aromatic N) is 3. The number of fused-ring (bicyclic) bond motifs is 2. The lowest BCUT2D eigenvalue weighted by Crippen LogP contribution is -2.31. The minimum Gasteiger partial charge on any atom is -0.352 e. The molecule has 0 unspecified atom stereocenters. The SMILES string of the molecule is C=C/C(=C\C(=C/C)c1ccc2[nH]nc(-c3cc4ccncc4[nH]3)c2c1)CN1CCCCC1. The van der Waals surface area contributed by atoms with Gasteiger partial charge in [-0.25, -0.2) is 0 Å². The van der Waals surface area contributed by atoms with E-state index in [9.17, 15) is 0 Å². The highest BCUT2D eigenvalue weighted by Crippen LogP contribution is 2.31. The minimum absolute atomic E-state index is 0.926. The zero-order chi connectivity index (χ0) is 21.9. The highest BCUT2D eigenvalue weighted by molar-refractivity contribution is 5.97. The van der Waals surface area contributed by atoms with Crippen molar-refractivity contribution in [3.63, 3.8) is 0 Å². The number of pyridine rings is 1. The monoisotopic (exact) mass is 423 g/mol. The summed E-state index contributed by atoms with van der Waals surface area (Å²) in [5.74, 6) is 0. The zero-order valence-electron chi connectivity index (χ0n) is 18.6. The second-order valence-electron chi connectivity index (χ2n) is 8.48. The van der Waals surface area contributed by atoms with E-state index in [2.05, 4.69) is 75.0 Å². The second-order valence-corrected chi connectivity index (χ2v) is 8.48. The summed E-state index contributed by atoms with van der Waals surface area (Å²) in [5, 5.41) is 10.0. The fraction of sp³-hybridized carbons (Fsp3) is 0.259. The topological polar surface area (TPSA) is 60.6 Å². The molecular weight excluding hydrogens is 394 g/mol. The van der Waals surface area contributed by atoms with Gasteiger partial charge in [0.1, 0.15) is 5.69 Å². The Bertz CT molecular complexity index is 1280. The van der Waals surface area contributed by atoms with E-state index in [4.69, 9.17) is 0 Å². The number of H-pyrrole nitrogens is 2. The molecular formula is C27H29N5. The average molecular weight is 424 g/mol. The quantitative estimate of drug-likeness (QED) is 0.368. The third-order valence-corrected chi connectivity index (χ3v) is 6.34. The number of nitrogens with one attached hydrogen (secondary N) is 2. The molecule has 0 amide bonds. The first-order valence-corrected chi connectivity index (χ1v) is 11.4. The normalized spacial score (nSPS) is 16.2. The number of aromatic amines is 2. The molecule has 5 heteroatoms. The third-order valence-electron chi connectivity index (χ3n) is 6.34. The second kappa shape index (κ2) is 8.97. The van der Waals surface area contributed by atoms with Crippen LogP contribution in [-0.2, 0) is 0 Å². The van der Waals surface area contributed by atoms with Gasteiger partial charge in [-0.05, 0) is 73.8 Å². The molecule has 1 aromatic carbocycles. The lowest BCUT2D eigenvalue weighted by molar-refractivity contribution is 0.248. The number of hydrogen-bond donors (Lipinski definition) is 2. The first kappa shape index (κ1) is 20.5. The first-order valence-electron chi connectivity index (χ1n) is 11.4. The molecule has 4 heterocycles. The summed E-state index contributed by atoms with van der Waals surface area (Å²) in [7, 11) is 0. The molecule has 0 atom stereocenters. The molecule has 2 N–H and O–H groups in total. The summed E-state index contributed by atoms with van der Waals surface area (Å²) in [6.45, 7) is 9.50. The van der Waals surface area contributed by atoms with Crippen LogP contribution in [0.5, 0.6) is 0 Å². The lowest BCUT2D eigenvalue weighted by atomic mass is 9.99. The zero-order valence-corrected chi connectivity index (χ0v) is 18.6. The average Bonchev–Trinajstić information content (AvgIpc) is 3.45. The van der Waals surface area contributed by atoms with Gasteiger partial charge in [0, 0.05) is 23.5 Å². The van der Waals surface area contributed by atoms with Crippen LogP contribution in [0.15, 0.2) is 73.1 Å². The number of benzene rings is 1. The van der Waals surface area contributed by atoms with Crippen molar-refractivity contribution in [2.45, 2.75) is 26.2 Å². The van der Waals surface area contributed by atoms with E-state index in [1.807, 2.05) is 24.5 Å². The van der Waals surface area contributed by atoms with Crippen molar-refractivity contribution in [2.24, 2.45) is 0 Å². The molecule has 0 bridgehead atoms. The fourth-order valence-electron chi connectivity index (χ4n) is 4.58. The molecule has 162 valence electrons. The molecule has 0 aliphatic carbocycles. The minimum atomic E-state index is 0.926. The van der Waals surface area contributed by atoms with E-state index in [0.717, 1.165) is 39.7 Å². The van der Waals surface area contributed by atoms with E-state index < -0.39 is 0 Å². The first-order chi connectivity index (χ1) is 15.7. The van der Waals surface area contributed by atoms with Crippen molar-refractivity contribution in [1.82, 2.24) is 25.1 Å². The van der Waals surface area contributed by atoms with Gasteiger partial charge in [-0.1, -0.05) is 37.3 Å². The Morgan fingerprint density at radius 2 is 2.00 bits per heavy atom. The van der Waals surface area contributed by atoms with E-state index in [-0.39, 0.29) is 0 Å². The van der Waals surface area contributed by atoms with Gasteiger partial charge in [0.25, 0.3) is 0 Å². The predicted molar refractivity (Wildman–Crippen MR) is 133 cm³/mol. The molecule has 5 rings (SSSR count).